The van der Waals surface area contributed by atoms with Crippen LogP contribution < -0.4 is 0 Å². The second kappa shape index (κ2) is 4.91. The highest BCUT2D eigenvalue weighted by molar-refractivity contribution is 5.91. The van der Waals surface area contributed by atoms with Gasteiger partial charge in [-0.3, -0.25) is 4.79 Å². The fourth-order valence-corrected chi connectivity index (χ4v) is 6.63. The number of aliphatic hydroxyl groups excluding tert-OH is 2. The number of aliphatic hydroxyl groups is 2. The Morgan fingerprint density at radius 3 is 2.73 bits per heavy atom. The maximum Gasteiger partial charge on any atom is 0.155 e. The lowest BCUT2D eigenvalue weighted by Gasteiger charge is -2.58. The van der Waals surface area contributed by atoms with Gasteiger partial charge in [-0.25, -0.2) is 0 Å². The summed E-state index contributed by atoms with van der Waals surface area (Å²) in [4.78, 5) is 11.8. The summed E-state index contributed by atoms with van der Waals surface area (Å²) in [6, 6.07) is 0. The van der Waals surface area contributed by atoms with Crippen LogP contribution in [0, 0.1) is 28.6 Å². The first-order valence-electron chi connectivity index (χ1n) is 9.04. The van der Waals surface area contributed by atoms with Gasteiger partial charge in [0.25, 0.3) is 0 Å². The molecule has 0 amide bonds. The van der Waals surface area contributed by atoms with Crippen molar-refractivity contribution >= 4 is 5.78 Å². The smallest absolute Gasteiger partial charge is 0.155 e. The second-order valence-corrected chi connectivity index (χ2v) is 8.50. The van der Waals surface area contributed by atoms with Crippen LogP contribution in [-0.4, -0.2) is 28.7 Å². The number of fused-ring (bicyclic) bond motifs is 5. The van der Waals surface area contributed by atoms with Crippen molar-refractivity contribution in [2.24, 2.45) is 28.6 Å². The maximum atomic E-state index is 11.8. The predicted octanol–water partition coefficient (Wildman–Crippen LogP) is 2.85. The number of ketones is 1. The van der Waals surface area contributed by atoms with E-state index in [-0.39, 0.29) is 29.3 Å². The molecule has 0 radical (unpaired) electrons. The zero-order valence-corrected chi connectivity index (χ0v) is 13.6. The normalized spacial score (nSPS) is 50.9. The molecule has 0 heterocycles. The van der Waals surface area contributed by atoms with Crippen LogP contribution in [0.5, 0.6) is 0 Å². The van der Waals surface area contributed by atoms with Crippen molar-refractivity contribution in [1.82, 2.24) is 0 Å². The third-order valence-corrected chi connectivity index (χ3v) is 7.92. The molecule has 0 aliphatic heterocycles. The van der Waals surface area contributed by atoms with E-state index in [2.05, 4.69) is 6.92 Å². The van der Waals surface area contributed by atoms with Crippen molar-refractivity contribution in [2.75, 3.05) is 6.61 Å². The van der Waals surface area contributed by atoms with Gasteiger partial charge in [0, 0.05) is 11.8 Å². The molecule has 3 saturated carbocycles. The minimum Gasteiger partial charge on any atom is -0.395 e. The summed E-state index contributed by atoms with van der Waals surface area (Å²) in [5.74, 6) is 1.97. The molecule has 122 valence electrons. The molecule has 0 aromatic carbocycles. The summed E-state index contributed by atoms with van der Waals surface area (Å²) in [7, 11) is 0. The Bertz CT molecular complexity index is 525. The second-order valence-electron chi connectivity index (χ2n) is 8.50. The highest BCUT2D eigenvalue weighted by Crippen LogP contribution is 2.65. The predicted molar refractivity (Wildman–Crippen MR) is 84.1 cm³/mol. The van der Waals surface area contributed by atoms with Crippen LogP contribution in [0.1, 0.15) is 58.3 Å². The molecule has 0 saturated heterocycles. The maximum absolute atomic E-state index is 11.8. The van der Waals surface area contributed by atoms with E-state index in [9.17, 15) is 15.0 Å². The van der Waals surface area contributed by atoms with Crippen LogP contribution in [0.3, 0.4) is 0 Å². The first kappa shape index (κ1) is 14.9. The van der Waals surface area contributed by atoms with Gasteiger partial charge in [0.15, 0.2) is 5.78 Å². The average Bonchev–Trinajstić information content (AvgIpc) is 2.82. The van der Waals surface area contributed by atoms with E-state index in [4.69, 9.17) is 0 Å². The van der Waals surface area contributed by atoms with Gasteiger partial charge in [-0.1, -0.05) is 12.5 Å². The van der Waals surface area contributed by atoms with Gasteiger partial charge in [0.2, 0.25) is 0 Å². The van der Waals surface area contributed by atoms with Crippen molar-refractivity contribution in [3.63, 3.8) is 0 Å². The molecular weight excluding hydrogens is 276 g/mol. The van der Waals surface area contributed by atoms with Gasteiger partial charge < -0.3 is 10.2 Å². The van der Waals surface area contributed by atoms with E-state index >= 15 is 0 Å². The SMILES string of the molecule is C[C@]12CC[C@@H]3[C@@H](CCC4=CC(=O)CC[C@@]43CO)[C@@H]1CC[C@@H]2O. The van der Waals surface area contributed by atoms with Crippen LogP contribution >= 0.6 is 0 Å². The van der Waals surface area contributed by atoms with Crippen molar-refractivity contribution in [1.29, 1.82) is 0 Å². The number of carbonyl (C=O) groups is 1. The summed E-state index contributed by atoms with van der Waals surface area (Å²) in [5, 5.41) is 20.7. The number of hydrogen-bond acceptors (Lipinski definition) is 3. The first-order chi connectivity index (χ1) is 10.5. The molecule has 22 heavy (non-hydrogen) atoms. The average molecular weight is 304 g/mol. The van der Waals surface area contributed by atoms with Crippen molar-refractivity contribution < 1.29 is 15.0 Å². The Balaban J connectivity index is 1.71. The molecule has 0 bridgehead atoms. The third-order valence-electron chi connectivity index (χ3n) is 7.92. The van der Waals surface area contributed by atoms with Crippen LogP contribution in [0.25, 0.3) is 0 Å². The molecule has 4 aliphatic rings. The zero-order valence-electron chi connectivity index (χ0n) is 13.6. The molecule has 4 rings (SSSR count). The fraction of sp³-hybridized carbons (Fsp3) is 0.842. The number of rotatable bonds is 1. The minimum atomic E-state index is -0.145. The van der Waals surface area contributed by atoms with Crippen LogP contribution in [-0.2, 0) is 4.79 Å². The monoisotopic (exact) mass is 304 g/mol. The molecule has 3 nitrogen and oxygen atoms in total. The highest BCUT2D eigenvalue weighted by Gasteiger charge is 2.59. The standard InChI is InChI=1S/C19H28O3/c1-18-8-7-16-14(15(18)4-5-17(18)22)3-2-12-10-13(21)6-9-19(12,16)11-20/h10,14-17,20,22H,2-9,11H2,1H3/t14-,15-,16+,17-,18-,19+/m0/s1. The Hall–Kier alpha value is -0.670. The summed E-state index contributed by atoms with van der Waals surface area (Å²) < 4.78 is 0. The Morgan fingerprint density at radius 2 is 1.95 bits per heavy atom. The number of hydrogen-bond donors (Lipinski definition) is 2. The molecule has 0 aromatic rings. The Kier molecular flexibility index (Phi) is 3.32. The Morgan fingerprint density at radius 1 is 1.14 bits per heavy atom. The number of carbonyl (C=O) groups excluding carboxylic acids is 1. The van der Waals surface area contributed by atoms with E-state index < -0.39 is 0 Å². The molecule has 0 spiro atoms. The molecule has 2 N–H and O–H groups in total. The molecule has 3 fully saturated rings. The van der Waals surface area contributed by atoms with Crippen LogP contribution in [0.15, 0.2) is 11.6 Å². The van der Waals surface area contributed by atoms with Gasteiger partial charge in [0.1, 0.15) is 0 Å². The third kappa shape index (κ3) is 1.78. The van der Waals surface area contributed by atoms with Gasteiger partial charge >= 0.3 is 0 Å². The zero-order chi connectivity index (χ0) is 15.5. The van der Waals surface area contributed by atoms with Crippen molar-refractivity contribution in [3.8, 4) is 0 Å². The van der Waals surface area contributed by atoms with Crippen molar-refractivity contribution in [2.45, 2.75) is 64.4 Å². The van der Waals surface area contributed by atoms with Crippen molar-refractivity contribution in [3.05, 3.63) is 11.6 Å². The van der Waals surface area contributed by atoms with E-state index in [1.54, 1.807) is 0 Å². The van der Waals surface area contributed by atoms with Gasteiger partial charge in [-0.2, -0.15) is 0 Å². The lowest BCUT2D eigenvalue weighted by Crippen LogP contribution is -2.53. The van der Waals surface area contributed by atoms with Gasteiger partial charge in [-0.05, 0) is 74.2 Å². The highest BCUT2D eigenvalue weighted by atomic mass is 16.3. The van der Waals surface area contributed by atoms with Gasteiger partial charge in [0.05, 0.1) is 12.7 Å². The minimum absolute atomic E-state index is 0.0868. The molecule has 0 aromatic heterocycles. The summed E-state index contributed by atoms with van der Waals surface area (Å²) in [5.41, 5.74) is 1.18. The lowest BCUT2D eigenvalue weighted by atomic mass is 9.47. The molecule has 3 heteroatoms. The summed E-state index contributed by atoms with van der Waals surface area (Å²) >= 11 is 0. The molecule has 4 aliphatic carbocycles. The molecular formula is C19H28O3. The van der Waals surface area contributed by atoms with Crippen LogP contribution in [0.4, 0.5) is 0 Å². The first-order valence-corrected chi connectivity index (χ1v) is 9.04. The van der Waals surface area contributed by atoms with Crippen LogP contribution in [0.2, 0.25) is 0 Å². The molecule has 0 unspecified atom stereocenters. The topological polar surface area (TPSA) is 57.5 Å². The summed E-state index contributed by atoms with van der Waals surface area (Å²) in [6.07, 6.45) is 9.49. The van der Waals surface area contributed by atoms with E-state index in [1.807, 2.05) is 6.08 Å². The van der Waals surface area contributed by atoms with E-state index in [0.717, 1.165) is 44.9 Å². The Labute approximate surface area is 132 Å². The summed E-state index contributed by atoms with van der Waals surface area (Å²) in [6.45, 7) is 2.48. The quantitative estimate of drug-likeness (QED) is 0.783. The van der Waals surface area contributed by atoms with E-state index in [1.165, 1.54) is 5.57 Å². The van der Waals surface area contributed by atoms with E-state index in [0.29, 0.717) is 24.2 Å². The largest absolute Gasteiger partial charge is 0.395 e. The van der Waals surface area contributed by atoms with Gasteiger partial charge in [-0.15, -0.1) is 0 Å². The fourth-order valence-electron chi connectivity index (χ4n) is 6.63. The lowest BCUT2D eigenvalue weighted by molar-refractivity contribution is -0.120. The molecule has 6 atom stereocenters.